The molecule has 4 heteroatoms. The van der Waals surface area contributed by atoms with Crippen LogP contribution in [-0.2, 0) is 6.61 Å². The second kappa shape index (κ2) is 5.33. The lowest BCUT2D eigenvalue weighted by molar-refractivity contribution is 0.0928. The van der Waals surface area contributed by atoms with Crippen LogP contribution in [0.15, 0.2) is 42.5 Å². The van der Waals surface area contributed by atoms with Crippen LogP contribution in [0.2, 0.25) is 0 Å². The van der Waals surface area contributed by atoms with Crippen molar-refractivity contribution in [2.24, 2.45) is 0 Å². The van der Waals surface area contributed by atoms with Gasteiger partial charge in [0.05, 0.1) is 12.2 Å². The second-order valence-electron chi connectivity index (χ2n) is 4.55. The zero-order valence-electron chi connectivity index (χ0n) is 10.8. The van der Waals surface area contributed by atoms with Gasteiger partial charge in [-0.15, -0.1) is 0 Å². The summed E-state index contributed by atoms with van der Waals surface area (Å²) in [4.78, 5) is 11.6. The summed E-state index contributed by atoms with van der Waals surface area (Å²) in [7, 11) is 0. The molecule has 0 saturated carbocycles. The molecule has 0 aliphatic carbocycles. The molecule has 0 saturated heterocycles. The molecule has 0 aromatic heterocycles. The lowest BCUT2D eigenvalue weighted by Crippen LogP contribution is -2.16. The highest BCUT2D eigenvalue weighted by atomic mass is 19.1. The number of ether oxygens (including phenoxy) is 2. The minimum absolute atomic E-state index is 0.00631. The Labute approximate surface area is 115 Å². The summed E-state index contributed by atoms with van der Waals surface area (Å²) in [5.41, 5.74) is 1.24. The van der Waals surface area contributed by atoms with E-state index in [4.69, 9.17) is 9.47 Å². The predicted octanol–water partition coefficient (Wildman–Crippen LogP) is 3.37. The van der Waals surface area contributed by atoms with Crippen molar-refractivity contribution in [3.63, 3.8) is 0 Å². The van der Waals surface area contributed by atoms with Gasteiger partial charge in [-0.25, -0.2) is 0 Å². The molecular formula is C16H13FO3. The van der Waals surface area contributed by atoms with E-state index < -0.39 is 5.82 Å². The molecule has 3 nitrogen and oxygen atoms in total. The van der Waals surface area contributed by atoms with Crippen LogP contribution in [0.25, 0.3) is 0 Å². The number of fused-ring (bicyclic) bond motifs is 1. The van der Waals surface area contributed by atoms with Gasteiger partial charge in [-0.2, -0.15) is 4.39 Å². The summed E-state index contributed by atoms with van der Waals surface area (Å²) in [5, 5.41) is 0. The van der Waals surface area contributed by atoms with Gasteiger partial charge < -0.3 is 9.47 Å². The number of halogens is 1. The number of rotatable bonds is 3. The minimum atomic E-state index is -0.605. The normalized spacial score (nSPS) is 13.6. The Bertz CT molecular complexity index is 638. The van der Waals surface area contributed by atoms with Gasteiger partial charge in [0, 0.05) is 6.42 Å². The monoisotopic (exact) mass is 272 g/mol. The van der Waals surface area contributed by atoms with Crippen LogP contribution in [-0.4, -0.2) is 12.4 Å². The second-order valence-corrected chi connectivity index (χ2v) is 4.55. The number of Topliss-reactive ketones (excluding diaryl/α,β-unsaturated/α-hetero) is 1. The van der Waals surface area contributed by atoms with Crippen molar-refractivity contribution < 1.29 is 18.7 Å². The Hall–Kier alpha value is -2.36. The van der Waals surface area contributed by atoms with E-state index in [0.29, 0.717) is 5.56 Å². The molecule has 0 N–H and O–H groups in total. The number of ketones is 1. The van der Waals surface area contributed by atoms with Gasteiger partial charge >= 0.3 is 0 Å². The van der Waals surface area contributed by atoms with E-state index in [2.05, 4.69) is 0 Å². The molecule has 2 aromatic rings. The minimum Gasteiger partial charge on any atom is -0.489 e. The molecule has 2 aromatic carbocycles. The van der Waals surface area contributed by atoms with Gasteiger partial charge in [0.2, 0.25) is 5.82 Å². The fraction of sp³-hybridized carbons (Fsp3) is 0.188. The largest absolute Gasteiger partial charge is 0.489 e. The van der Waals surface area contributed by atoms with E-state index in [9.17, 15) is 9.18 Å². The van der Waals surface area contributed by atoms with E-state index in [1.165, 1.54) is 6.07 Å². The number of carbonyl (C=O) groups excluding carboxylic acids is 1. The Morgan fingerprint density at radius 1 is 1.15 bits per heavy atom. The molecule has 0 atom stereocenters. The lowest BCUT2D eigenvalue weighted by atomic mass is 10.0. The van der Waals surface area contributed by atoms with E-state index in [1.54, 1.807) is 6.07 Å². The highest BCUT2D eigenvalue weighted by molar-refractivity contribution is 5.99. The molecular weight excluding hydrogens is 259 g/mol. The summed E-state index contributed by atoms with van der Waals surface area (Å²) in [5.74, 6) is -0.597. The van der Waals surface area contributed by atoms with Crippen molar-refractivity contribution in [2.75, 3.05) is 6.61 Å². The number of benzene rings is 2. The van der Waals surface area contributed by atoms with Crippen molar-refractivity contribution >= 4 is 5.78 Å². The molecule has 0 fully saturated rings. The third-order valence-corrected chi connectivity index (χ3v) is 3.17. The van der Waals surface area contributed by atoms with Crippen LogP contribution in [0.4, 0.5) is 4.39 Å². The van der Waals surface area contributed by atoms with E-state index in [0.717, 1.165) is 5.56 Å². The first-order valence-corrected chi connectivity index (χ1v) is 6.41. The summed E-state index contributed by atoms with van der Waals surface area (Å²) in [6.07, 6.45) is 0.288. The predicted molar refractivity (Wildman–Crippen MR) is 71.6 cm³/mol. The van der Waals surface area contributed by atoms with Gasteiger partial charge in [0.25, 0.3) is 0 Å². The average molecular weight is 272 g/mol. The topological polar surface area (TPSA) is 35.5 Å². The summed E-state index contributed by atoms with van der Waals surface area (Å²) >= 11 is 0. The molecule has 20 heavy (non-hydrogen) atoms. The zero-order valence-corrected chi connectivity index (χ0v) is 10.8. The zero-order chi connectivity index (χ0) is 13.9. The Morgan fingerprint density at radius 3 is 2.75 bits per heavy atom. The van der Waals surface area contributed by atoms with Gasteiger partial charge in [0.1, 0.15) is 6.61 Å². The first-order chi connectivity index (χ1) is 9.75. The summed E-state index contributed by atoms with van der Waals surface area (Å²) in [6.45, 7) is 0.482. The standard InChI is InChI=1S/C16H13FO3/c17-15-14(20-10-11-4-2-1-3-5-11)7-6-12-13(18)8-9-19-16(12)15/h1-7H,8-10H2. The summed E-state index contributed by atoms with van der Waals surface area (Å²) < 4.78 is 24.9. The van der Waals surface area contributed by atoms with Crippen LogP contribution >= 0.6 is 0 Å². The molecule has 0 amide bonds. The quantitative estimate of drug-likeness (QED) is 0.859. The fourth-order valence-electron chi connectivity index (χ4n) is 2.13. The van der Waals surface area contributed by atoms with Gasteiger partial charge in [0.15, 0.2) is 17.3 Å². The maximum Gasteiger partial charge on any atom is 0.207 e. The fourth-order valence-corrected chi connectivity index (χ4v) is 2.13. The Morgan fingerprint density at radius 2 is 1.95 bits per heavy atom. The van der Waals surface area contributed by atoms with Crippen LogP contribution in [0.5, 0.6) is 11.5 Å². The molecule has 0 bridgehead atoms. The smallest absolute Gasteiger partial charge is 0.207 e. The SMILES string of the molecule is O=C1CCOc2c1ccc(OCc1ccccc1)c2F. The van der Waals surface area contributed by atoms with Gasteiger partial charge in [-0.3, -0.25) is 4.79 Å². The lowest BCUT2D eigenvalue weighted by Gasteiger charge is -2.18. The van der Waals surface area contributed by atoms with Crippen LogP contribution in [0.1, 0.15) is 22.3 Å². The van der Waals surface area contributed by atoms with E-state index >= 15 is 0 Å². The maximum atomic E-state index is 14.2. The highest BCUT2D eigenvalue weighted by Gasteiger charge is 2.24. The highest BCUT2D eigenvalue weighted by Crippen LogP contribution is 2.34. The number of carbonyl (C=O) groups is 1. The molecule has 1 aliphatic heterocycles. The number of hydrogen-bond donors (Lipinski definition) is 0. The maximum absolute atomic E-state index is 14.2. The number of hydrogen-bond acceptors (Lipinski definition) is 3. The van der Waals surface area contributed by atoms with E-state index in [1.807, 2.05) is 30.3 Å². The van der Waals surface area contributed by atoms with Crippen molar-refractivity contribution in [1.82, 2.24) is 0 Å². The summed E-state index contributed by atoms with van der Waals surface area (Å²) in [6, 6.07) is 12.5. The molecule has 1 aliphatic rings. The van der Waals surface area contributed by atoms with Gasteiger partial charge in [-0.1, -0.05) is 30.3 Å². The Balaban J connectivity index is 1.83. The molecule has 3 rings (SSSR count). The van der Waals surface area contributed by atoms with Crippen molar-refractivity contribution in [3.05, 3.63) is 59.4 Å². The molecule has 102 valence electrons. The van der Waals surface area contributed by atoms with Crippen LogP contribution in [0.3, 0.4) is 0 Å². The molecule has 0 unspecified atom stereocenters. The molecule has 0 radical (unpaired) electrons. The van der Waals surface area contributed by atoms with Crippen molar-refractivity contribution in [2.45, 2.75) is 13.0 Å². The van der Waals surface area contributed by atoms with Crippen LogP contribution in [0, 0.1) is 5.82 Å². The third kappa shape index (κ3) is 2.37. The van der Waals surface area contributed by atoms with Crippen molar-refractivity contribution in [1.29, 1.82) is 0 Å². The van der Waals surface area contributed by atoms with Crippen LogP contribution < -0.4 is 9.47 Å². The van der Waals surface area contributed by atoms with Crippen molar-refractivity contribution in [3.8, 4) is 11.5 Å². The van der Waals surface area contributed by atoms with E-state index in [-0.39, 0.29) is 36.9 Å². The first-order valence-electron chi connectivity index (χ1n) is 6.41. The Kier molecular flexibility index (Phi) is 3.37. The first kappa shape index (κ1) is 12.7. The molecule has 1 heterocycles. The molecule has 0 spiro atoms. The van der Waals surface area contributed by atoms with Gasteiger partial charge in [-0.05, 0) is 17.7 Å². The average Bonchev–Trinajstić information content (AvgIpc) is 2.48. The third-order valence-electron chi connectivity index (χ3n) is 3.17.